The number of hydrogen-bond acceptors (Lipinski definition) is 4. The number of esters is 1. The number of aromatic nitrogens is 1. The Labute approximate surface area is 117 Å². The maximum absolute atomic E-state index is 13.2. The molecule has 0 N–H and O–H groups in total. The zero-order valence-electron chi connectivity index (χ0n) is 11.5. The van der Waals surface area contributed by atoms with Crippen LogP contribution in [0.1, 0.15) is 38.2 Å². The summed E-state index contributed by atoms with van der Waals surface area (Å²) in [6, 6.07) is 1.32. The van der Waals surface area contributed by atoms with Gasteiger partial charge < -0.3 is 4.74 Å². The third kappa shape index (κ3) is 2.86. The summed E-state index contributed by atoms with van der Waals surface area (Å²) in [5.41, 5.74) is -0.614. The zero-order chi connectivity index (χ0) is 14.6. The lowest BCUT2D eigenvalue weighted by atomic mass is 9.69. The van der Waals surface area contributed by atoms with Crippen LogP contribution in [0.3, 0.4) is 0 Å². The van der Waals surface area contributed by atoms with Gasteiger partial charge >= 0.3 is 5.97 Å². The normalized spacial score (nSPS) is 22.6. The number of nitrogens with zero attached hydrogens (tertiary/aromatic N) is 1. The van der Waals surface area contributed by atoms with Crippen molar-refractivity contribution < 1.29 is 18.7 Å². The predicted molar refractivity (Wildman–Crippen MR) is 70.4 cm³/mol. The maximum atomic E-state index is 13.2. The second-order valence-electron chi connectivity index (χ2n) is 5.12. The average Bonchev–Trinajstić information content (AvgIpc) is 2.42. The number of pyridine rings is 1. The molecule has 1 saturated carbocycles. The molecule has 2 rings (SSSR count). The molecule has 1 aromatic heterocycles. The van der Waals surface area contributed by atoms with Gasteiger partial charge in [-0.15, -0.1) is 0 Å². The van der Waals surface area contributed by atoms with Gasteiger partial charge in [-0.25, -0.2) is 4.39 Å². The molecule has 20 heavy (non-hydrogen) atoms. The van der Waals surface area contributed by atoms with E-state index in [0.717, 1.165) is 19.0 Å². The Morgan fingerprint density at radius 2 is 2.25 bits per heavy atom. The van der Waals surface area contributed by atoms with Crippen LogP contribution in [0, 0.1) is 11.2 Å². The first kappa shape index (κ1) is 14.6. The smallest absolute Gasteiger partial charge is 0.319 e. The standard InChI is InChI=1S/C15H18FNO3/c1-2-20-14(19)15(6-4-3-5-13(15)18)8-11-7-12(16)10-17-9-11/h7,9-10H,2-6,8H2,1H3. The highest BCUT2D eigenvalue weighted by Crippen LogP contribution is 2.37. The number of Topliss-reactive ketones (excluding diaryl/α,β-unsaturated/α-hetero) is 1. The first-order chi connectivity index (χ1) is 9.58. The second kappa shape index (κ2) is 6.11. The molecule has 5 heteroatoms. The lowest BCUT2D eigenvalue weighted by Crippen LogP contribution is -2.44. The summed E-state index contributed by atoms with van der Waals surface area (Å²) >= 11 is 0. The van der Waals surface area contributed by atoms with Gasteiger partial charge in [0.05, 0.1) is 12.8 Å². The number of rotatable bonds is 4. The first-order valence-electron chi connectivity index (χ1n) is 6.88. The Bertz CT molecular complexity index is 518. The van der Waals surface area contributed by atoms with E-state index >= 15 is 0 Å². The number of carbonyl (C=O) groups excluding carboxylic acids is 2. The van der Waals surface area contributed by atoms with Gasteiger partial charge in [-0.2, -0.15) is 0 Å². The van der Waals surface area contributed by atoms with Crippen molar-refractivity contribution in [3.63, 3.8) is 0 Å². The van der Waals surface area contributed by atoms with Gasteiger partial charge in [-0.3, -0.25) is 14.6 Å². The van der Waals surface area contributed by atoms with Crippen LogP contribution in [0.2, 0.25) is 0 Å². The van der Waals surface area contributed by atoms with Gasteiger partial charge in [0.25, 0.3) is 0 Å². The summed E-state index contributed by atoms with van der Waals surface area (Å²) in [5, 5.41) is 0. The Balaban J connectivity index is 2.31. The van der Waals surface area contributed by atoms with Crippen molar-refractivity contribution in [3.05, 3.63) is 29.8 Å². The molecule has 0 saturated heterocycles. The van der Waals surface area contributed by atoms with E-state index < -0.39 is 17.2 Å². The Morgan fingerprint density at radius 1 is 1.45 bits per heavy atom. The molecular formula is C15H18FNO3. The van der Waals surface area contributed by atoms with Gasteiger partial charge in [-0.1, -0.05) is 6.42 Å². The topological polar surface area (TPSA) is 56.3 Å². The van der Waals surface area contributed by atoms with E-state index in [2.05, 4.69) is 4.98 Å². The van der Waals surface area contributed by atoms with Gasteiger partial charge in [-0.05, 0) is 37.8 Å². The summed E-state index contributed by atoms with van der Waals surface area (Å²) in [4.78, 5) is 28.3. The molecule has 1 unspecified atom stereocenters. The number of ether oxygens (including phenoxy) is 1. The van der Waals surface area contributed by atoms with Crippen LogP contribution in [0.15, 0.2) is 18.5 Å². The highest BCUT2D eigenvalue weighted by Gasteiger charge is 2.47. The van der Waals surface area contributed by atoms with Crippen LogP contribution < -0.4 is 0 Å². The molecule has 0 aromatic carbocycles. The molecule has 0 spiro atoms. The fourth-order valence-electron chi connectivity index (χ4n) is 2.74. The van der Waals surface area contributed by atoms with Crippen LogP contribution in [-0.2, 0) is 20.7 Å². The molecule has 1 heterocycles. The van der Waals surface area contributed by atoms with Gasteiger partial charge in [0.15, 0.2) is 5.78 Å². The maximum Gasteiger partial charge on any atom is 0.319 e. The number of hydrogen-bond donors (Lipinski definition) is 0. The monoisotopic (exact) mass is 279 g/mol. The van der Waals surface area contributed by atoms with E-state index in [0.29, 0.717) is 18.4 Å². The van der Waals surface area contributed by atoms with Crippen LogP contribution >= 0.6 is 0 Å². The number of carbonyl (C=O) groups is 2. The van der Waals surface area contributed by atoms with Crippen molar-refractivity contribution in [1.82, 2.24) is 4.98 Å². The molecule has 1 atom stereocenters. The highest BCUT2D eigenvalue weighted by atomic mass is 19.1. The fraction of sp³-hybridized carbons (Fsp3) is 0.533. The fourth-order valence-corrected chi connectivity index (χ4v) is 2.74. The molecule has 1 aliphatic rings. The molecule has 0 amide bonds. The molecule has 0 bridgehead atoms. The minimum absolute atomic E-state index is 0.105. The molecule has 1 aliphatic carbocycles. The van der Waals surface area contributed by atoms with E-state index in [1.54, 1.807) is 6.92 Å². The van der Waals surface area contributed by atoms with Crippen molar-refractivity contribution in [1.29, 1.82) is 0 Å². The molecule has 1 aromatic rings. The SMILES string of the molecule is CCOC(=O)C1(Cc2cncc(F)c2)CCCCC1=O. The Morgan fingerprint density at radius 3 is 2.90 bits per heavy atom. The van der Waals surface area contributed by atoms with E-state index in [1.807, 2.05) is 0 Å². The summed E-state index contributed by atoms with van der Waals surface area (Å²) in [7, 11) is 0. The van der Waals surface area contributed by atoms with Crippen LogP contribution in [0.5, 0.6) is 0 Å². The quantitative estimate of drug-likeness (QED) is 0.627. The number of ketones is 1. The Hall–Kier alpha value is -1.78. The summed E-state index contributed by atoms with van der Waals surface area (Å²) in [5.74, 6) is -1.06. The third-order valence-corrected chi connectivity index (χ3v) is 3.72. The van der Waals surface area contributed by atoms with Crippen molar-refractivity contribution in [2.75, 3.05) is 6.61 Å². The minimum Gasteiger partial charge on any atom is -0.465 e. The zero-order valence-corrected chi connectivity index (χ0v) is 11.5. The van der Waals surface area contributed by atoms with Gasteiger partial charge in [0, 0.05) is 12.6 Å². The van der Waals surface area contributed by atoms with Crippen molar-refractivity contribution >= 4 is 11.8 Å². The second-order valence-corrected chi connectivity index (χ2v) is 5.12. The molecule has 0 aliphatic heterocycles. The first-order valence-corrected chi connectivity index (χ1v) is 6.88. The van der Waals surface area contributed by atoms with Gasteiger partial charge in [0.2, 0.25) is 0 Å². The summed E-state index contributed by atoms with van der Waals surface area (Å²) < 4.78 is 18.3. The highest BCUT2D eigenvalue weighted by molar-refractivity contribution is 6.04. The lowest BCUT2D eigenvalue weighted by molar-refractivity contribution is -0.162. The van der Waals surface area contributed by atoms with E-state index in [4.69, 9.17) is 4.74 Å². The molecule has 4 nitrogen and oxygen atoms in total. The van der Waals surface area contributed by atoms with Crippen molar-refractivity contribution in [3.8, 4) is 0 Å². The van der Waals surface area contributed by atoms with E-state index in [1.165, 1.54) is 12.3 Å². The third-order valence-electron chi connectivity index (χ3n) is 3.72. The minimum atomic E-state index is -1.16. The predicted octanol–water partition coefficient (Wildman–Crippen LogP) is 2.46. The van der Waals surface area contributed by atoms with Crippen molar-refractivity contribution in [2.24, 2.45) is 5.41 Å². The van der Waals surface area contributed by atoms with Gasteiger partial charge in [0.1, 0.15) is 11.2 Å². The van der Waals surface area contributed by atoms with Crippen LogP contribution in [-0.4, -0.2) is 23.3 Å². The largest absolute Gasteiger partial charge is 0.465 e. The summed E-state index contributed by atoms with van der Waals surface area (Å²) in [6.45, 7) is 1.94. The van der Waals surface area contributed by atoms with Crippen molar-refractivity contribution in [2.45, 2.75) is 39.0 Å². The molecule has 1 fully saturated rings. The number of halogens is 1. The molecule has 0 radical (unpaired) electrons. The van der Waals surface area contributed by atoms with E-state index in [-0.39, 0.29) is 18.8 Å². The summed E-state index contributed by atoms with van der Waals surface area (Å²) in [6.07, 6.45) is 5.18. The molecule has 108 valence electrons. The van der Waals surface area contributed by atoms with Crippen LogP contribution in [0.25, 0.3) is 0 Å². The Kier molecular flexibility index (Phi) is 4.47. The lowest BCUT2D eigenvalue weighted by Gasteiger charge is -2.33. The van der Waals surface area contributed by atoms with Crippen LogP contribution in [0.4, 0.5) is 4.39 Å². The molecular weight excluding hydrogens is 261 g/mol. The average molecular weight is 279 g/mol. The van der Waals surface area contributed by atoms with E-state index in [9.17, 15) is 14.0 Å².